The van der Waals surface area contributed by atoms with Gasteiger partial charge in [-0.05, 0) is 23.8 Å². The van der Waals surface area contributed by atoms with Crippen LogP contribution in [0.3, 0.4) is 0 Å². The molecule has 0 fully saturated rings. The van der Waals surface area contributed by atoms with Crippen LogP contribution in [0, 0.1) is 0 Å². The largest absolute Gasteiger partial charge is 0.106 e. The van der Waals surface area contributed by atoms with Gasteiger partial charge in [-0.3, -0.25) is 0 Å². The zero-order valence-electron chi connectivity index (χ0n) is 12.5. The first kappa shape index (κ1) is 18.5. The average Bonchev–Trinajstić information content (AvgIpc) is 2.60. The Morgan fingerprint density at radius 1 is 0.455 bits per heavy atom. The topological polar surface area (TPSA) is 0 Å². The van der Waals surface area contributed by atoms with Gasteiger partial charge in [0.05, 0.1) is 0 Å². The standard InChI is InChI=1S/C18H15P.C2H4.V/c1-4-10-16(11-5-1)19(17-12-6-2-7-13-17)18-14-8-3-9-15-18;1-2;/h1-15H;1-2H2;. The minimum absolute atomic E-state index is 0. The molecule has 0 unspecified atom stereocenters. The van der Waals surface area contributed by atoms with Gasteiger partial charge in [-0.2, -0.15) is 0 Å². The van der Waals surface area contributed by atoms with Crippen LogP contribution in [0.25, 0.3) is 0 Å². The Morgan fingerprint density at radius 2 is 0.682 bits per heavy atom. The van der Waals surface area contributed by atoms with Crippen molar-refractivity contribution in [3.05, 3.63) is 104 Å². The van der Waals surface area contributed by atoms with Crippen LogP contribution in [-0.4, -0.2) is 0 Å². The summed E-state index contributed by atoms with van der Waals surface area (Å²) in [5.74, 6) is 0. The molecule has 0 bridgehead atoms. The van der Waals surface area contributed by atoms with Crippen LogP contribution in [0.5, 0.6) is 0 Å². The van der Waals surface area contributed by atoms with Gasteiger partial charge in [0.2, 0.25) is 0 Å². The molecule has 0 saturated carbocycles. The number of hydrogen-bond acceptors (Lipinski definition) is 0. The van der Waals surface area contributed by atoms with Crippen LogP contribution in [-0.2, 0) is 18.6 Å². The Labute approximate surface area is 146 Å². The SMILES string of the molecule is C=C.[V].c1ccc(P(c2ccccc2)c2ccccc2)cc1. The summed E-state index contributed by atoms with van der Waals surface area (Å²) in [4.78, 5) is 0. The molecule has 0 spiro atoms. The molecular weight excluding hydrogens is 322 g/mol. The van der Waals surface area contributed by atoms with Gasteiger partial charge < -0.3 is 0 Å². The van der Waals surface area contributed by atoms with Crippen molar-refractivity contribution in [1.29, 1.82) is 0 Å². The Morgan fingerprint density at radius 3 is 0.909 bits per heavy atom. The van der Waals surface area contributed by atoms with E-state index in [0.717, 1.165) is 0 Å². The molecule has 3 aromatic rings. The second-order valence-electron chi connectivity index (χ2n) is 4.34. The summed E-state index contributed by atoms with van der Waals surface area (Å²) in [7, 11) is -0.446. The fraction of sp³-hybridized carbons (Fsp3) is 0. The van der Waals surface area contributed by atoms with E-state index in [1.54, 1.807) is 0 Å². The monoisotopic (exact) mass is 341 g/mol. The molecular formula is C20H19PV. The van der Waals surface area contributed by atoms with Crippen LogP contribution < -0.4 is 15.9 Å². The molecule has 3 aromatic carbocycles. The van der Waals surface area contributed by atoms with Gasteiger partial charge in [-0.1, -0.05) is 91.0 Å². The molecule has 2 heteroatoms. The van der Waals surface area contributed by atoms with Crippen LogP contribution in [0.1, 0.15) is 0 Å². The third-order valence-electron chi connectivity index (χ3n) is 3.04. The minimum Gasteiger partial charge on any atom is -0.106 e. The quantitative estimate of drug-likeness (QED) is 0.494. The van der Waals surface area contributed by atoms with Gasteiger partial charge in [-0.15, -0.1) is 13.2 Å². The first-order valence-electron chi connectivity index (χ1n) is 6.90. The van der Waals surface area contributed by atoms with Gasteiger partial charge in [0.25, 0.3) is 0 Å². The van der Waals surface area contributed by atoms with Crippen molar-refractivity contribution < 1.29 is 18.6 Å². The zero-order chi connectivity index (χ0) is 14.9. The van der Waals surface area contributed by atoms with E-state index in [0.29, 0.717) is 0 Å². The third-order valence-corrected chi connectivity index (χ3v) is 5.49. The molecule has 0 aliphatic carbocycles. The van der Waals surface area contributed by atoms with Crippen LogP contribution in [0.15, 0.2) is 104 Å². The van der Waals surface area contributed by atoms with E-state index in [2.05, 4.69) is 104 Å². The predicted molar refractivity (Wildman–Crippen MR) is 96.4 cm³/mol. The van der Waals surface area contributed by atoms with E-state index in [-0.39, 0.29) is 18.6 Å². The number of benzene rings is 3. The van der Waals surface area contributed by atoms with Crippen molar-refractivity contribution in [2.45, 2.75) is 0 Å². The minimum atomic E-state index is -0.446. The number of hydrogen-bond donors (Lipinski definition) is 0. The molecule has 1 radical (unpaired) electrons. The van der Waals surface area contributed by atoms with E-state index in [1.165, 1.54) is 15.9 Å². The van der Waals surface area contributed by atoms with Crippen LogP contribution in [0.4, 0.5) is 0 Å². The van der Waals surface area contributed by atoms with Crippen LogP contribution in [0.2, 0.25) is 0 Å². The first-order valence-corrected chi connectivity index (χ1v) is 8.24. The summed E-state index contributed by atoms with van der Waals surface area (Å²) in [5.41, 5.74) is 0. The van der Waals surface area contributed by atoms with E-state index >= 15 is 0 Å². The Kier molecular flexibility index (Phi) is 8.55. The third kappa shape index (κ3) is 4.72. The van der Waals surface area contributed by atoms with Crippen molar-refractivity contribution in [3.8, 4) is 0 Å². The molecule has 0 aliphatic rings. The summed E-state index contributed by atoms with van der Waals surface area (Å²) < 4.78 is 0. The Balaban J connectivity index is 0.000000775. The van der Waals surface area contributed by atoms with Crippen molar-refractivity contribution in [1.82, 2.24) is 0 Å². The van der Waals surface area contributed by atoms with Gasteiger partial charge in [0, 0.05) is 18.6 Å². The molecule has 3 rings (SSSR count). The van der Waals surface area contributed by atoms with Crippen molar-refractivity contribution in [2.24, 2.45) is 0 Å². The molecule has 0 atom stereocenters. The normalized spacial score (nSPS) is 9.32. The summed E-state index contributed by atoms with van der Waals surface area (Å²) >= 11 is 0. The molecule has 22 heavy (non-hydrogen) atoms. The van der Waals surface area contributed by atoms with E-state index in [4.69, 9.17) is 0 Å². The maximum atomic E-state index is 3.00. The second-order valence-corrected chi connectivity index (χ2v) is 6.56. The van der Waals surface area contributed by atoms with Crippen molar-refractivity contribution in [3.63, 3.8) is 0 Å². The van der Waals surface area contributed by atoms with E-state index in [9.17, 15) is 0 Å². The second kappa shape index (κ2) is 10.2. The van der Waals surface area contributed by atoms with Gasteiger partial charge >= 0.3 is 0 Å². The molecule has 0 amide bonds. The smallest absolute Gasteiger partial charge is 0 e. The van der Waals surface area contributed by atoms with Gasteiger partial charge in [-0.25, -0.2) is 0 Å². The summed E-state index contributed by atoms with van der Waals surface area (Å²) in [5, 5.41) is 4.19. The van der Waals surface area contributed by atoms with Crippen molar-refractivity contribution in [2.75, 3.05) is 0 Å². The number of rotatable bonds is 3. The zero-order valence-corrected chi connectivity index (χ0v) is 14.8. The van der Waals surface area contributed by atoms with Crippen molar-refractivity contribution >= 4 is 23.8 Å². The molecule has 109 valence electrons. The Bertz CT molecular complexity index is 544. The van der Waals surface area contributed by atoms with Gasteiger partial charge in [0.1, 0.15) is 0 Å². The predicted octanol–water partition coefficient (Wildman–Crippen LogP) is 4.24. The van der Waals surface area contributed by atoms with Crippen LogP contribution >= 0.6 is 7.92 Å². The van der Waals surface area contributed by atoms with E-state index in [1.807, 2.05) is 0 Å². The summed E-state index contributed by atoms with van der Waals surface area (Å²) in [6, 6.07) is 32.3. The van der Waals surface area contributed by atoms with Gasteiger partial charge in [0.15, 0.2) is 0 Å². The maximum Gasteiger partial charge on any atom is 0 e. The molecule has 0 heterocycles. The van der Waals surface area contributed by atoms with E-state index < -0.39 is 7.92 Å². The maximum absolute atomic E-state index is 3.00. The first-order chi connectivity index (χ1) is 10.4. The molecule has 0 aliphatic heterocycles. The molecule has 0 saturated heterocycles. The molecule has 0 aromatic heterocycles. The Hall–Kier alpha value is -1.59. The summed E-state index contributed by atoms with van der Waals surface area (Å²) in [6.45, 7) is 6.00. The molecule has 0 nitrogen and oxygen atoms in total. The fourth-order valence-electron chi connectivity index (χ4n) is 2.18. The summed E-state index contributed by atoms with van der Waals surface area (Å²) in [6.07, 6.45) is 0. The fourth-order valence-corrected chi connectivity index (χ4v) is 4.48. The molecule has 0 N–H and O–H groups in total. The average molecular weight is 341 g/mol.